The van der Waals surface area contributed by atoms with E-state index >= 15 is 0 Å². The maximum atomic E-state index is 5.89. The highest BCUT2D eigenvalue weighted by Gasteiger charge is 1.99. The molecule has 0 aliphatic carbocycles. The standard InChI is InChI=1S/C23H31NO/c1-4-5-6-7-8-13-24-17-21-9-11-23(12-10-21)25-18-22-15-19(2)14-20(3)16-22/h9-12,14-17H,4-8,13,18H2,1-3H3/b24-17+. The average Bonchev–Trinajstić information content (AvgIpc) is 2.59. The fourth-order valence-corrected chi connectivity index (χ4v) is 2.95. The third-order valence-corrected chi connectivity index (χ3v) is 4.20. The first-order valence-corrected chi connectivity index (χ1v) is 9.47. The Bertz CT molecular complexity index is 638. The number of benzene rings is 2. The van der Waals surface area contributed by atoms with Crippen molar-refractivity contribution in [1.82, 2.24) is 0 Å². The van der Waals surface area contributed by atoms with Crippen LogP contribution < -0.4 is 4.74 Å². The number of aryl methyl sites for hydroxylation is 2. The van der Waals surface area contributed by atoms with Crippen molar-refractivity contribution in [1.29, 1.82) is 0 Å². The number of rotatable bonds is 10. The van der Waals surface area contributed by atoms with Crippen LogP contribution in [0.1, 0.15) is 61.3 Å². The second kappa shape index (κ2) is 10.7. The van der Waals surface area contributed by atoms with Crippen molar-refractivity contribution >= 4 is 6.21 Å². The van der Waals surface area contributed by atoms with Gasteiger partial charge in [0.25, 0.3) is 0 Å². The van der Waals surface area contributed by atoms with Crippen molar-refractivity contribution in [3.05, 3.63) is 64.7 Å². The molecule has 2 aromatic carbocycles. The molecule has 0 bridgehead atoms. The molecule has 2 aromatic rings. The van der Waals surface area contributed by atoms with Crippen LogP contribution in [0.5, 0.6) is 5.75 Å². The van der Waals surface area contributed by atoms with Gasteiger partial charge in [-0.15, -0.1) is 0 Å². The van der Waals surface area contributed by atoms with Crippen LogP contribution in [0.2, 0.25) is 0 Å². The molecule has 0 N–H and O–H groups in total. The predicted molar refractivity (Wildman–Crippen MR) is 108 cm³/mol. The summed E-state index contributed by atoms with van der Waals surface area (Å²) in [7, 11) is 0. The highest BCUT2D eigenvalue weighted by atomic mass is 16.5. The molecule has 0 aromatic heterocycles. The van der Waals surface area contributed by atoms with E-state index in [4.69, 9.17) is 4.74 Å². The molecule has 2 rings (SSSR count). The summed E-state index contributed by atoms with van der Waals surface area (Å²) in [5, 5.41) is 0. The van der Waals surface area contributed by atoms with Crippen molar-refractivity contribution in [3.63, 3.8) is 0 Å². The molecule has 2 heteroatoms. The van der Waals surface area contributed by atoms with E-state index in [-0.39, 0.29) is 0 Å². The number of hydrogen-bond donors (Lipinski definition) is 0. The number of hydrogen-bond acceptors (Lipinski definition) is 2. The predicted octanol–water partition coefficient (Wildman–Crippen LogP) is 6.27. The smallest absolute Gasteiger partial charge is 0.119 e. The molecular weight excluding hydrogens is 306 g/mol. The van der Waals surface area contributed by atoms with Gasteiger partial charge in [-0.1, -0.05) is 61.9 Å². The molecule has 0 spiro atoms. The lowest BCUT2D eigenvalue weighted by molar-refractivity contribution is 0.306. The zero-order valence-electron chi connectivity index (χ0n) is 15.9. The molecule has 2 nitrogen and oxygen atoms in total. The first-order valence-electron chi connectivity index (χ1n) is 9.47. The Balaban J connectivity index is 1.75. The SMILES string of the molecule is CCCCCCC/N=C/c1ccc(OCc2cc(C)cc(C)c2)cc1. The van der Waals surface area contributed by atoms with Crippen LogP contribution in [0.4, 0.5) is 0 Å². The summed E-state index contributed by atoms with van der Waals surface area (Å²) in [4.78, 5) is 4.52. The first-order chi connectivity index (χ1) is 12.2. The summed E-state index contributed by atoms with van der Waals surface area (Å²) in [5.41, 5.74) is 4.90. The number of unbranched alkanes of at least 4 members (excludes halogenated alkanes) is 4. The maximum Gasteiger partial charge on any atom is 0.119 e. The fourth-order valence-electron chi connectivity index (χ4n) is 2.95. The number of aliphatic imine (C=N–C) groups is 1. The van der Waals surface area contributed by atoms with Crippen LogP contribution in [0.15, 0.2) is 47.5 Å². The van der Waals surface area contributed by atoms with Gasteiger partial charge in [0, 0.05) is 12.8 Å². The molecule has 0 saturated carbocycles. The van der Waals surface area contributed by atoms with Gasteiger partial charge in [-0.2, -0.15) is 0 Å². The normalized spacial score (nSPS) is 11.2. The highest BCUT2D eigenvalue weighted by molar-refractivity contribution is 5.79. The van der Waals surface area contributed by atoms with Gasteiger partial charge in [-0.05, 0) is 55.7 Å². The van der Waals surface area contributed by atoms with Gasteiger partial charge in [0.15, 0.2) is 0 Å². The third kappa shape index (κ3) is 7.55. The highest BCUT2D eigenvalue weighted by Crippen LogP contribution is 2.15. The molecule has 134 valence electrons. The Kier molecular flexibility index (Phi) is 8.24. The van der Waals surface area contributed by atoms with Gasteiger partial charge < -0.3 is 4.74 Å². The Morgan fingerprint density at radius 2 is 1.56 bits per heavy atom. The molecule has 0 heterocycles. The Hall–Kier alpha value is -2.09. The van der Waals surface area contributed by atoms with Crippen LogP contribution >= 0.6 is 0 Å². The number of nitrogens with zero attached hydrogens (tertiary/aromatic N) is 1. The zero-order chi connectivity index (χ0) is 17.9. The molecule has 0 fully saturated rings. The van der Waals surface area contributed by atoms with Crippen LogP contribution in [0.3, 0.4) is 0 Å². The van der Waals surface area contributed by atoms with Gasteiger partial charge in [0.05, 0.1) is 0 Å². The monoisotopic (exact) mass is 337 g/mol. The third-order valence-electron chi connectivity index (χ3n) is 4.20. The van der Waals surface area contributed by atoms with Gasteiger partial charge in [0.1, 0.15) is 12.4 Å². The largest absolute Gasteiger partial charge is 0.489 e. The topological polar surface area (TPSA) is 21.6 Å². The van der Waals surface area contributed by atoms with E-state index in [1.165, 1.54) is 48.8 Å². The lowest BCUT2D eigenvalue weighted by Gasteiger charge is -2.08. The fraction of sp³-hybridized carbons (Fsp3) is 0.435. The van der Waals surface area contributed by atoms with Crippen molar-refractivity contribution in [2.75, 3.05) is 6.54 Å². The lowest BCUT2D eigenvalue weighted by atomic mass is 10.1. The zero-order valence-corrected chi connectivity index (χ0v) is 15.9. The van der Waals surface area contributed by atoms with Gasteiger partial charge in [0.2, 0.25) is 0 Å². The van der Waals surface area contributed by atoms with Crippen LogP contribution in [-0.4, -0.2) is 12.8 Å². The van der Waals surface area contributed by atoms with Crippen molar-refractivity contribution in [3.8, 4) is 5.75 Å². The first kappa shape index (κ1) is 19.2. The molecule has 0 saturated heterocycles. The van der Waals surface area contributed by atoms with E-state index in [2.05, 4.69) is 56.1 Å². The second-order valence-corrected chi connectivity index (χ2v) is 6.80. The maximum absolute atomic E-state index is 5.89. The van der Waals surface area contributed by atoms with E-state index in [0.29, 0.717) is 6.61 Å². The molecule has 0 amide bonds. The Morgan fingerprint density at radius 1 is 0.880 bits per heavy atom. The minimum Gasteiger partial charge on any atom is -0.489 e. The van der Waals surface area contributed by atoms with E-state index < -0.39 is 0 Å². The van der Waals surface area contributed by atoms with Gasteiger partial charge >= 0.3 is 0 Å². The van der Waals surface area contributed by atoms with Crippen molar-refractivity contribution in [2.24, 2.45) is 4.99 Å². The van der Waals surface area contributed by atoms with E-state index in [1.54, 1.807) is 0 Å². The van der Waals surface area contributed by atoms with Crippen LogP contribution in [0.25, 0.3) is 0 Å². The summed E-state index contributed by atoms with van der Waals surface area (Å²) in [6.07, 6.45) is 8.41. The van der Waals surface area contributed by atoms with Gasteiger partial charge in [-0.3, -0.25) is 4.99 Å². The minimum absolute atomic E-state index is 0.605. The van der Waals surface area contributed by atoms with E-state index in [9.17, 15) is 0 Å². The molecular formula is C23H31NO. The van der Waals surface area contributed by atoms with E-state index in [1.807, 2.05) is 18.3 Å². The summed E-state index contributed by atoms with van der Waals surface area (Å²) in [5.74, 6) is 0.899. The molecule has 0 aliphatic heterocycles. The lowest BCUT2D eigenvalue weighted by Crippen LogP contribution is -1.97. The molecule has 25 heavy (non-hydrogen) atoms. The summed E-state index contributed by atoms with van der Waals surface area (Å²) in [6.45, 7) is 8.01. The summed E-state index contributed by atoms with van der Waals surface area (Å²) in [6, 6.07) is 14.7. The minimum atomic E-state index is 0.605. The Morgan fingerprint density at radius 3 is 2.24 bits per heavy atom. The summed E-state index contributed by atoms with van der Waals surface area (Å²) >= 11 is 0. The average molecular weight is 338 g/mol. The second-order valence-electron chi connectivity index (χ2n) is 6.80. The molecule has 0 atom stereocenters. The van der Waals surface area contributed by atoms with E-state index in [0.717, 1.165) is 17.9 Å². The summed E-state index contributed by atoms with van der Waals surface area (Å²) < 4.78 is 5.89. The van der Waals surface area contributed by atoms with Crippen molar-refractivity contribution < 1.29 is 4.74 Å². The van der Waals surface area contributed by atoms with Crippen LogP contribution in [0, 0.1) is 13.8 Å². The van der Waals surface area contributed by atoms with Crippen LogP contribution in [-0.2, 0) is 6.61 Å². The van der Waals surface area contributed by atoms with Crippen molar-refractivity contribution in [2.45, 2.75) is 59.5 Å². The van der Waals surface area contributed by atoms with Gasteiger partial charge in [-0.25, -0.2) is 0 Å². The quantitative estimate of drug-likeness (QED) is 0.370. The molecule has 0 radical (unpaired) electrons. The molecule has 0 aliphatic rings. The molecule has 0 unspecified atom stereocenters. The Labute approximate surface area is 153 Å². The number of ether oxygens (including phenoxy) is 1.